The topological polar surface area (TPSA) is 32.3 Å². The number of halogens is 6. The van der Waals surface area contributed by atoms with Gasteiger partial charge in [0.05, 0.1) is 6.54 Å². The average Bonchev–Trinajstić information content (AvgIpc) is 2.61. The first kappa shape index (κ1) is 15.1. The standard InChI is InChI=1S/C9H12F6N2O/c1-16-4-6(18)17-3-2-7(5-17,8(10,11)12)9(13,14)15/h16H,2-5H2,1H3. The second kappa shape index (κ2) is 4.60. The third kappa shape index (κ3) is 2.40. The summed E-state index contributed by atoms with van der Waals surface area (Å²) in [5, 5.41) is 2.40. The highest BCUT2D eigenvalue weighted by molar-refractivity contribution is 5.78. The minimum atomic E-state index is -5.42. The van der Waals surface area contributed by atoms with Crippen LogP contribution >= 0.6 is 0 Å². The fourth-order valence-electron chi connectivity index (χ4n) is 1.91. The molecule has 0 bridgehead atoms. The van der Waals surface area contributed by atoms with Crippen molar-refractivity contribution in [2.75, 3.05) is 26.7 Å². The molecule has 1 heterocycles. The number of hydrogen-bond acceptors (Lipinski definition) is 2. The molecular formula is C9H12F6N2O. The molecule has 1 fully saturated rings. The van der Waals surface area contributed by atoms with Crippen molar-refractivity contribution in [3.8, 4) is 0 Å². The highest BCUT2D eigenvalue weighted by Crippen LogP contribution is 2.55. The zero-order valence-electron chi connectivity index (χ0n) is 9.45. The lowest BCUT2D eigenvalue weighted by atomic mass is 9.85. The largest absolute Gasteiger partial charge is 0.404 e. The Balaban J connectivity index is 2.96. The van der Waals surface area contributed by atoms with Gasteiger partial charge in [-0.25, -0.2) is 0 Å². The zero-order chi connectivity index (χ0) is 14.2. The van der Waals surface area contributed by atoms with Gasteiger partial charge in [-0.15, -0.1) is 0 Å². The van der Waals surface area contributed by atoms with E-state index in [-0.39, 0.29) is 6.54 Å². The van der Waals surface area contributed by atoms with Crippen LogP contribution < -0.4 is 5.32 Å². The SMILES string of the molecule is CNCC(=O)N1CCC(C(F)(F)F)(C(F)(F)F)C1. The highest BCUT2D eigenvalue weighted by atomic mass is 19.4. The maximum absolute atomic E-state index is 12.7. The Kier molecular flexibility index (Phi) is 3.85. The molecule has 18 heavy (non-hydrogen) atoms. The van der Waals surface area contributed by atoms with Gasteiger partial charge in [0, 0.05) is 13.1 Å². The molecule has 9 heteroatoms. The van der Waals surface area contributed by atoms with Crippen molar-refractivity contribution in [1.29, 1.82) is 0 Å². The molecule has 1 saturated heterocycles. The van der Waals surface area contributed by atoms with Crippen molar-refractivity contribution in [2.45, 2.75) is 18.8 Å². The van der Waals surface area contributed by atoms with Gasteiger partial charge < -0.3 is 10.2 Å². The number of carbonyl (C=O) groups is 1. The Hall–Kier alpha value is -0.990. The van der Waals surface area contributed by atoms with Gasteiger partial charge in [-0.05, 0) is 13.5 Å². The fourth-order valence-corrected chi connectivity index (χ4v) is 1.91. The first-order valence-electron chi connectivity index (χ1n) is 5.11. The highest BCUT2D eigenvalue weighted by Gasteiger charge is 2.72. The molecule has 0 unspecified atom stereocenters. The Morgan fingerprint density at radius 3 is 2.06 bits per heavy atom. The maximum Gasteiger partial charge on any atom is 0.404 e. The average molecular weight is 278 g/mol. The number of alkyl halides is 6. The molecule has 0 radical (unpaired) electrons. The number of hydrogen-bond donors (Lipinski definition) is 1. The number of amides is 1. The van der Waals surface area contributed by atoms with Gasteiger partial charge in [-0.1, -0.05) is 0 Å². The van der Waals surface area contributed by atoms with Gasteiger partial charge in [0.15, 0.2) is 5.41 Å². The molecule has 0 atom stereocenters. The Morgan fingerprint density at radius 1 is 1.22 bits per heavy atom. The molecule has 0 aliphatic carbocycles. The smallest absolute Gasteiger partial charge is 0.340 e. The molecule has 1 N–H and O–H groups in total. The van der Waals surface area contributed by atoms with Crippen LogP contribution in [0.15, 0.2) is 0 Å². The number of carbonyl (C=O) groups excluding carboxylic acids is 1. The van der Waals surface area contributed by atoms with E-state index in [2.05, 4.69) is 5.32 Å². The van der Waals surface area contributed by atoms with E-state index in [0.717, 1.165) is 0 Å². The predicted molar refractivity (Wildman–Crippen MR) is 49.7 cm³/mol. The fraction of sp³-hybridized carbons (Fsp3) is 0.889. The van der Waals surface area contributed by atoms with Crippen molar-refractivity contribution >= 4 is 5.91 Å². The van der Waals surface area contributed by atoms with Crippen LogP contribution in [0, 0.1) is 5.41 Å². The minimum Gasteiger partial charge on any atom is -0.340 e. The van der Waals surface area contributed by atoms with Crippen LogP contribution in [0.25, 0.3) is 0 Å². The van der Waals surface area contributed by atoms with Crippen LogP contribution in [-0.2, 0) is 4.79 Å². The van der Waals surface area contributed by atoms with Crippen molar-refractivity contribution in [3.05, 3.63) is 0 Å². The van der Waals surface area contributed by atoms with Crippen molar-refractivity contribution in [2.24, 2.45) is 5.41 Å². The van der Waals surface area contributed by atoms with Gasteiger partial charge in [0.25, 0.3) is 0 Å². The summed E-state index contributed by atoms with van der Waals surface area (Å²) in [7, 11) is 1.38. The number of rotatable bonds is 2. The van der Waals surface area contributed by atoms with Gasteiger partial charge in [-0.3, -0.25) is 4.79 Å². The molecular weight excluding hydrogens is 266 g/mol. The lowest BCUT2D eigenvalue weighted by Gasteiger charge is -2.33. The maximum atomic E-state index is 12.7. The molecule has 1 rings (SSSR count). The summed E-state index contributed by atoms with van der Waals surface area (Å²) < 4.78 is 76.0. The Bertz CT molecular complexity index is 310. The summed E-state index contributed by atoms with van der Waals surface area (Å²) in [5.41, 5.74) is -3.80. The number of likely N-dealkylation sites (N-methyl/N-ethyl adjacent to an activating group) is 1. The second-order valence-electron chi connectivity index (χ2n) is 4.17. The summed E-state index contributed by atoms with van der Waals surface area (Å²) in [6, 6.07) is 0. The quantitative estimate of drug-likeness (QED) is 0.777. The van der Waals surface area contributed by atoms with Crippen LogP contribution in [0.2, 0.25) is 0 Å². The third-order valence-electron chi connectivity index (χ3n) is 3.04. The first-order chi connectivity index (χ1) is 8.05. The molecule has 1 aliphatic heterocycles. The molecule has 106 valence electrons. The van der Waals surface area contributed by atoms with E-state index < -0.39 is 43.2 Å². The van der Waals surface area contributed by atoms with Crippen LogP contribution in [-0.4, -0.2) is 49.8 Å². The van der Waals surface area contributed by atoms with Gasteiger partial charge in [0.1, 0.15) is 0 Å². The summed E-state index contributed by atoms with van der Waals surface area (Å²) in [6.45, 7) is -2.19. The summed E-state index contributed by atoms with van der Waals surface area (Å²) in [6.07, 6.45) is -12.0. The van der Waals surface area contributed by atoms with Crippen LogP contribution in [0.4, 0.5) is 26.3 Å². The number of nitrogens with one attached hydrogen (secondary N) is 1. The molecule has 0 aromatic rings. The number of nitrogens with zero attached hydrogens (tertiary/aromatic N) is 1. The van der Waals surface area contributed by atoms with E-state index in [1.807, 2.05) is 0 Å². The van der Waals surface area contributed by atoms with E-state index in [1.165, 1.54) is 7.05 Å². The minimum absolute atomic E-state index is 0.286. The zero-order valence-corrected chi connectivity index (χ0v) is 9.45. The molecule has 0 aromatic carbocycles. The molecule has 0 aromatic heterocycles. The van der Waals surface area contributed by atoms with Gasteiger partial charge >= 0.3 is 12.4 Å². The molecule has 3 nitrogen and oxygen atoms in total. The number of likely N-dealkylation sites (tertiary alicyclic amines) is 1. The Morgan fingerprint density at radius 2 is 1.72 bits per heavy atom. The monoisotopic (exact) mass is 278 g/mol. The first-order valence-corrected chi connectivity index (χ1v) is 5.11. The molecule has 1 amide bonds. The van der Waals surface area contributed by atoms with Crippen molar-refractivity contribution in [3.63, 3.8) is 0 Å². The molecule has 0 spiro atoms. The summed E-state index contributed by atoms with van der Waals surface area (Å²) in [5.74, 6) is -0.770. The predicted octanol–water partition coefficient (Wildman–Crippen LogP) is 1.55. The van der Waals surface area contributed by atoms with Crippen LogP contribution in [0.1, 0.15) is 6.42 Å². The summed E-state index contributed by atoms with van der Waals surface area (Å²) >= 11 is 0. The van der Waals surface area contributed by atoms with Gasteiger partial charge in [-0.2, -0.15) is 26.3 Å². The summed E-state index contributed by atoms with van der Waals surface area (Å²) in [4.78, 5) is 11.9. The molecule has 1 aliphatic rings. The Labute approximate surface area is 99.1 Å². The van der Waals surface area contributed by atoms with Crippen molar-refractivity contribution < 1.29 is 31.1 Å². The van der Waals surface area contributed by atoms with Crippen LogP contribution in [0.5, 0.6) is 0 Å². The second-order valence-corrected chi connectivity index (χ2v) is 4.17. The lowest BCUT2D eigenvalue weighted by molar-refractivity contribution is -0.334. The molecule has 0 saturated carbocycles. The normalized spacial score (nSPS) is 20.3. The van der Waals surface area contributed by atoms with E-state index >= 15 is 0 Å². The van der Waals surface area contributed by atoms with E-state index in [9.17, 15) is 31.1 Å². The van der Waals surface area contributed by atoms with Crippen LogP contribution in [0.3, 0.4) is 0 Å². The van der Waals surface area contributed by atoms with Gasteiger partial charge in [0.2, 0.25) is 5.91 Å². The van der Waals surface area contributed by atoms with E-state index in [0.29, 0.717) is 4.90 Å². The van der Waals surface area contributed by atoms with E-state index in [1.54, 1.807) is 0 Å². The van der Waals surface area contributed by atoms with Crippen molar-refractivity contribution in [1.82, 2.24) is 10.2 Å². The third-order valence-corrected chi connectivity index (χ3v) is 3.04. The van der Waals surface area contributed by atoms with E-state index in [4.69, 9.17) is 0 Å². The lowest BCUT2D eigenvalue weighted by Crippen LogP contribution is -2.52.